The van der Waals surface area contributed by atoms with Gasteiger partial charge in [0, 0.05) is 74.8 Å². The van der Waals surface area contributed by atoms with Gasteiger partial charge in [-0.1, -0.05) is 37.7 Å². The number of hydrogen-bond acceptors (Lipinski definition) is 13. The van der Waals surface area contributed by atoms with E-state index in [1.165, 1.54) is 0 Å². The summed E-state index contributed by atoms with van der Waals surface area (Å²) in [6.07, 6.45) is 10.7. The van der Waals surface area contributed by atoms with Crippen molar-refractivity contribution in [2.75, 3.05) is 75.2 Å². The van der Waals surface area contributed by atoms with E-state index >= 15 is 0 Å². The Hall–Kier alpha value is -6.09. The van der Waals surface area contributed by atoms with Gasteiger partial charge in [0.15, 0.2) is 5.82 Å². The molecular formula is C49H62N10O7. The summed E-state index contributed by atoms with van der Waals surface area (Å²) in [5, 5.41) is 12.3. The minimum atomic E-state index is -0.650. The van der Waals surface area contributed by atoms with Crippen LogP contribution in [0.15, 0.2) is 42.6 Å². The molecule has 1 unspecified atom stereocenters. The van der Waals surface area contributed by atoms with Crippen molar-refractivity contribution in [1.29, 1.82) is 0 Å². The molecule has 17 nitrogen and oxygen atoms in total. The molecule has 8 rings (SSSR count). The van der Waals surface area contributed by atoms with Crippen LogP contribution in [-0.2, 0) is 25.7 Å². The Bertz CT molecular complexity index is 2350. The molecule has 4 aliphatic heterocycles. The van der Waals surface area contributed by atoms with Gasteiger partial charge in [0.05, 0.1) is 32.2 Å². The number of nitrogens with one attached hydrogen (secondary N) is 4. The van der Waals surface area contributed by atoms with E-state index in [-0.39, 0.29) is 48.2 Å². The molecule has 0 spiro atoms. The number of carbonyl (C=O) groups is 5. The smallest absolute Gasteiger partial charge is 0.255 e. The van der Waals surface area contributed by atoms with Crippen LogP contribution in [0.25, 0.3) is 0 Å². The number of methoxy groups -OCH3 is 1. The number of piperidine rings is 2. The minimum absolute atomic E-state index is 0.0717. The molecular weight excluding hydrogens is 841 g/mol. The van der Waals surface area contributed by atoms with Crippen LogP contribution in [0.5, 0.6) is 5.75 Å². The van der Waals surface area contributed by atoms with Crippen LogP contribution in [0, 0.1) is 11.8 Å². The fourth-order valence-electron chi connectivity index (χ4n) is 9.85. The third kappa shape index (κ3) is 10.5. The summed E-state index contributed by atoms with van der Waals surface area (Å²) in [7, 11) is 3.37. The first-order valence-corrected chi connectivity index (χ1v) is 23.6. The van der Waals surface area contributed by atoms with Crippen LogP contribution in [-0.4, -0.2) is 134 Å². The van der Waals surface area contributed by atoms with E-state index in [0.717, 1.165) is 94.6 Å². The number of benzene rings is 2. The molecule has 0 bridgehead atoms. The number of amides is 5. The highest BCUT2D eigenvalue weighted by atomic mass is 16.5. The number of hydrogen-bond donors (Lipinski definition) is 4. The molecule has 5 heterocycles. The number of likely N-dealkylation sites (N-methyl/N-ethyl adjacent to an activating group) is 1. The molecule has 0 radical (unpaired) electrons. The second-order valence-corrected chi connectivity index (χ2v) is 17.7. The van der Waals surface area contributed by atoms with Crippen LogP contribution >= 0.6 is 0 Å². The Balaban J connectivity index is 0.712. The largest absolute Gasteiger partial charge is 0.495 e. The zero-order valence-corrected chi connectivity index (χ0v) is 38.3. The summed E-state index contributed by atoms with van der Waals surface area (Å²) in [6.45, 7) is 7.88. The number of aromatic nitrogens is 2. The summed E-state index contributed by atoms with van der Waals surface area (Å²) < 4.78 is 11.5. The maximum atomic E-state index is 13.4. The SMILES string of the molecule is CC[C@@H]1C(=O)N(C)c2cnc(Nc3ccc(C(=O)NC4CCN(CCCNCCOCCC#Cc5cccc6c5CN(C5CCC(=O)NC5=O)C6=O)CC4)cc3OC)nc2N1C1CCCC1. The first-order chi connectivity index (χ1) is 32.1. The van der Waals surface area contributed by atoms with Gasteiger partial charge in [-0.25, -0.2) is 4.98 Å². The number of ether oxygens (including phenoxy) is 2. The molecule has 5 amide bonds. The number of fused-ring (bicyclic) bond motifs is 2. The summed E-state index contributed by atoms with van der Waals surface area (Å²) in [5.74, 6) is 7.02. The quantitative estimate of drug-likeness (QED) is 0.0861. The van der Waals surface area contributed by atoms with Crippen molar-refractivity contribution >= 4 is 52.7 Å². The van der Waals surface area contributed by atoms with Crippen molar-refractivity contribution in [2.45, 2.75) is 108 Å². The van der Waals surface area contributed by atoms with Crippen LogP contribution in [0.4, 0.5) is 23.1 Å². The summed E-state index contributed by atoms with van der Waals surface area (Å²) in [5.41, 5.74) is 4.01. The zero-order chi connectivity index (χ0) is 46.2. The lowest BCUT2D eigenvalue weighted by atomic mass is 10.0. The number of likely N-dealkylation sites (tertiary alicyclic amines) is 1. The van der Waals surface area contributed by atoms with Crippen molar-refractivity contribution in [2.24, 2.45) is 0 Å². The fourth-order valence-corrected chi connectivity index (χ4v) is 9.85. The second-order valence-electron chi connectivity index (χ2n) is 17.7. The Kier molecular flexibility index (Phi) is 15.1. The molecule has 3 aromatic rings. The lowest BCUT2D eigenvalue weighted by Crippen LogP contribution is -2.55. The topological polar surface area (TPSA) is 191 Å². The Morgan fingerprint density at radius 3 is 2.59 bits per heavy atom. The minimum Gasteiger partial charge on any atom is -0.495 e. The van der Waals surface area contributed by atoms with Gasteiger partial charge in [-0.05, 0) is 93.9 Å². The highest BCUT2D eigenvalue weighted by Gasteiger charge is 2.42. The lowest BCUT2D eigenvalue weighted by Gasteiger charge is -2.43. The number of imide groups is 1. The van der Waals surface area contributed by atoms with Crippen LogP contribution in [0.2, 0.25) is 0 Å². The third-order valence-corrected chi connectivity index (χ3v) is 13.5. The van der Waals surface area contributed by atoms with Gasteiger partial charge < -0.3 is 45.0 Å². The number of nitrogens with zero attached hydrogens (tertiary/aromatic N) is 6. The molecule has 1 saturated carbocycles. The normalized spacial score (nSPS) is 20.2. The van der Waals surface area contributed by atoms with E-state index in [0.29, 0.717) is 73.2 Å². The predicted octanol–water partition coefficient (Wildman–Crippen LogP) is 4.13. The maximum Gasteiger partial charge on any atom is 0.255 e. The van der Waals surface area contributed by atoms with Crippen molar-refractivity contribution in [3.8, 4) is 17.6 Å². The average Bonchev–Trinajstić information content (AvgIpc) is 3.98. The molecule has 3 fully saturated rings. The number of carbonyl (C=O) groups excluding carboxylic acids is 5. The van der Waals surface area contributed by atoms with E-state index in [1.54, 1.807) is 54.4 Å². The summed E-state index contributed by atoms with van der Waals surface area (Å²) in [6, 6.07) is 10.3. The Morgan fingerprint density at radius 2 is 1.82 bits per heavy atom. The highest BCUT2D eigenvalue weighted by molar-refractivity contribution is 6.06. The van der Waals surface area contributed by atoms with Crippen LogP contribution in [0.1, 0.15) is 109 Å². The first kappa shape index (κ1) is 46.4. The zero-order valence-electron chi connectivity index (χ0n) is 38.3. The monoisotopic (exact) mass is 902 g/mol. The van der Waals surface area contributed by atoms with Gasteiger partial charge in [0.2, 0.25) is 23.7 Å². The average molecular weight is 903 g/mol. The van der Waals surface area contributed by atoms with Gasteiger partial charge in [-0.2, -0.15) is 4.98 Å². The molecule has 2 atom stereocenters. The molecule has 1 aliphatic carbocycles. The van der Waals surface area contributed by atoms with Crippen molar-refractivity contribution < 1.29 is 33.4 Å². The van der Waals surface area contributed by atoms with Gasteiger partial charge >= 0.3 is 0 Å². The molecule has 4 N–H and O–H groups in total. The Labute approximate surface area is 386 Å². The second kappa shape index (κ2) is 21.5. The lowest BCUT2D eigenvalue weighted by molar-refractivity contribution is -0.137. The molecule has 2 aromatic carbocycles. The summed E-state index contributed by atoms with van der Waals surface area (Å²) in [4.78, 5) is 81.1. The first-order valence-electron chi connectivity index (χ1n) is 23.6. The van der Waals surface area contributed by atoms with E-state index < -0.39 is 11.9 Å². The maximum absolute atomic E-state index is 13.4. The molecule has 5 aliphatic rings. The van der Waals surface area contributed by atoms with Gasteiger partial charge in [0.25, 0.3) is 11.8 Å². The highest BCUT2D eigenvalue weighted by Crippen LogP contribution is 2.40. The van der Waals surface area contributed by atoms with Crippen LogP contribution < -0.4 is 35.8 Å². The van der Waals surface area contributed by atoms with E-state index in [4.69, 9.17) is 14.5 Å². The van der Waals surface area contributed by atoms with Crippen molar-refractivity contribution in [3.05, 3.63) is 64.8 Å². The van der Waals surface area contributed by atoms with Crippen LogP contribution in [0.3, 0.4) is 0 Å². The summed E-state index contributed by atoms with van der Waals surface area (Å²) >= 11 is 0. The van der Waals surface area contributed by atoms with E-state index in [9.17, 15) is 24.0 Å². The van der Waals surface area contributed by atoms with Gasteiger partial charge in [-0.3, -0.25) is 29.3 Å². The molecule has 17 heteroatoms. The predicted molar refractivity (Wildman–Crippen MR) is 250 cm³/mol. The molecule has 66 heavy (non-hydrogen) atoms. The standard InChI is InChI=1S/C49H62N10O7/c1-4-39-48(64)56(2)41-30-51-49(55-44(41)59(39)35-13-5-6-14-35)53-38-17-16-33(29-42(38)65-3)45(61)52-34-20-25-57(26-21-34)24-10-22-50-23-28-66-27-8-7-11-32-12-9-15-36-37(32)31-58(47(36)63)40-18-19-43(60)54-46(40)62/h9,12,15-17,29-30,34-35,39-40,50H,4-6,8,10,13-14,18-28,31H2,1-3H3,(H,52,61)(H,51,53,55)(H,54,60,62)/t39-,40?/m1/s1. The van der Waals surface area contributed by atoms with E-state index in [1.807, 2.05) is 19.1 Å². The Morgan fingerprint density at radius 1 is 1.00 bits per heavy atom. The number of rotatable bonds is 17. The molecule has 1 aromatic heterocycles. The van der Waals surface area contributed by atoms with Gasteiger partial charge in [-0.15, -0.1) is 0 Å². The fraction of sp³-hybridized carbons (Fsp3) is 0.531. The molecule has 2 saturated heterocycles. The van der Waals surface area contributed by atoms with Gasteiger partial charge in [0.1, 0.15) is 23.5 Å². The molecule has 350 valence electrons. The van der Waals surface area contributed by atoms with E-state index in [2.05, 4.69) is 47.9 Å². The van der Waals surface area contributed by atoms with Crippen molar-refractivity contribution in [3.63, 3.8) is 0 Å². The third-order valence-electron chi connectivity index (χ3n) is 13.5. The number of anilines is 4. The van der Waals surface area contributed by atoms with Crippen molar-refractivity contribution in [1.82, 2.24) is 35.7 Å².